The summed E-state index contributed by atoms with van der Waals surface area (Å²) >= 11 is 3.40. The fraction of sp³-hybridized carbons (Fsp3) is 0.462. The second kappa shape index (κ2) is 7.45. The summed E-state index contributed by atoms with van der Waals surface area (Å²) in [5.74, 6) is 0.0298. The minimum atomic E-state index is 0.0298. The molecule has 0 aromatic heterocycles. The third-order valence-electron chi connectivity index (χ3n) is 2.22. The molecule has 3 nitrogen and oxygen atoms in total. The number of rotatable bonds is 6. The van der Waals surface area contributed by atoms with Gasteiger partial charge >= 0.3 is 0 Å². The Morgan fingerprint density at radius 2 is 2.18 bits per heavy atom. The van der Waals surface area contributed by atoms with Crippen molar-refractivity contribution >= 4 is 27.5 Å². The Balaban J connectivity index is 2.39. The van der Waals surface area contributed by atoms with Crippen molar-refractivity contribution in [2.45, 2.75) is 26.7 Å². The van der Waals surface area contributed by atoms with E-state index in [0.717, 1.165) is 22.1 Å². The predicted octanol–water partition coefficient (Wildman–Crippen LogP) is 3.51. The summed E-state index contributed by atoms with van der Waals surface area (Å²) in [5.41, 5.74) is 1.95. The zero-order chi connectivity index (χ0) is 12.7. The molecule has 0 unspecified atom stereocenters. The van der Waals surface area contributed by atoms with Crippen LogP contribution >= 0.6 is 15.9 Å². The summed E-state index contributed by atoms with van der Waals surface area (Å²) in [6.45, 7) is 5.29. The smallest absolute Gasteiger partial charge is 0.224 e. The van der Waals surface area contributed by atoms with Gasteiger partial charge in [-0.05, 0) is 44.0 Å². The minimum Gasteiger partial charge on any atom is -0.382 e. The zero-order valence-corrected chi connectivity index (χ0v) is 11.8. The van der Waals surface area contributed by atoms with Crippen molar-refractivity contribution in [1.82, 2.24) is 0 Å². The SMILES string of the molecule is CCOCCCC(=O)Nc1cc(C)cc(Br)c1. The molecule has 0 aliphatic heterocycles. The molecule has 0 spiro atoms. The van der Waals surface area contributed by atoms with Gasteiger partial charge in [0.05, 0.1) is 0 Å². The maximum absolute atomic E-state index is 11.6. The van der Waals surface area contributed by atoms with Gasteiger partial charge in [0.25, 0.3) is 0 Å². The summed E-state index contributed by atoms with van der Waals surface area (Å²) in [5, 5.41) is 2.88. The van der Waals surface area contributed by atoms with Crippen LogP contribution in [0.2, 0.25) is 0 Å². The van der Waals surface area contributed by atoms with E-state index < -0.39 is 0 Å². The highest BCUT2D eigenvalue weighted by molar-refractivity contribution is 9.10. The van der Waals surface area contributed by atoms with Gasteiger partial charge in [-0.2, -0.15) is 0 Å². The van der Waals surface area contributed by atoms with Crippen molar-refractivity contribution in [2.75, 3.05) is 18.5 Å². The van der Waals surface area contributed by atoms with Crippen LogP contribution in [-0.4, -0.2) is 19.1 Å². The fourth-order valence-electron chi connectivity index (χ4n) is 1.51. The molecule has 0 bridgehead atoms. The number of ether oxygens (including phenoxy) is 1. The maximum atomic E-state index is 11.6. The van der Waals surface area contributed by atoms with Crippen LogP contribution in [-0.2, 0) is 9.53 Å². The Morgan fingerprint density at radius 1 is 1.41 bits per heavy atom. The Hall–Kier alpha value is -0.870. The van der Waals surface area contributed by atoms with Crippen molar-refractivity contribution in [1.29, 1.82) is 0 Å². The van der Waals surface area contributed by atoms with Crippen LogP contribution < -0.4 is 5.32 Å². The van der Waals surface area contributed by atoms with E-state index >= 15 is 0 Å². The molecule has 4 heteroatoms. The van der Waals surface area contributed by atoms with Crippen molar-refractivity contribution in [2.24, 2.45) is 0 Å². The van der Waals surface area contributed by atoms with Gasteiger partial charge in [-0.1, -0.05) is 15.9 Å². The summed E-state index contributed by atoms with van der Waals surface area (Å²) < 4.78 is 6.16. The highest BCUT2D eigenvalue weighted by Crippen LogP contribution is 2.19. The van der Waals surface area contributed by atoms with Gasteiger partial charge in [-0.25, -0.2) is 0 Å². The van der Waals surface area contributed by atoms with Crippen LogP contribution in [0.25, 0.3) is 0 Å². The number of hydrogen-bond donors (Lipinski definition) is 1. The summed E-state index contributed by atoms with van der Waals surface area (Å²) in [7, 11) is 0. The molecule has 0 aliphatic rings. The van der Waals surface area contributed by atoms with Crippen molar-refractivity contribution in [3.8, 4) is 0 Å². The number of hydrogen-bond acceptors (Lipinski definition) is 2. The van der Waals surface area contributed by atoms with Gasteiger partial charge in [-0.3, -0.25) is 4.79 Å². The first-order chi connectivity index (χ1) is 8.11. The monoisotopic (exact) mass is 299 g/mol. The fourth-order valence-corrected chi connectivity index (χ4v) is 2.12. The van der Waals surface area contributed by atoms with Crippen LogP contribution in [0.1, 0.15) is 25.3 Å². The highest BCUT2D eigenvalue weighted by atomic mass is 79.9. The second-order valence-corrected chi connectivity index (χ2v) is 4.78. The number of aryl methyl sites for hydroxylation is 1. The molecule has 0 fully saturated rings. The van der Waals surface area contributed by atoms with Crippen molar-refractivity contribution in [3.05, 3.63) is 28.2 Å². The molecular formula is C13H18BrNO2. The molecule has 0 atom stereocenters. The number of amides is 1. The number of benzene rings is 1. The van der Waals surface area contributed by atoms with Crippen molar-refractivity contribution < 1.29 is 9.53 Å². The number of anilines is 1. The Kier molecular flexibility index (Phi) is 6.22. The lowest BCUT2D eigenvalue weighted by Crippen LogP contribution is -2.12. The van der Waals surface area contributed by atoms with Gasteiger partial charge in [0, 0.05) is 29.8 Å². The molecule has 0 heterocycles. The van der Waals surface area contributed by atoms with Crippen LogP contribution in [0.3, 0.4) is 0 Å². The topological polar surface area (TPSA) is 38.3 Å². The van der Waals surface area contributed by atoms with Crippen LogP contribution in [0, 0.1) is 6.92 Å². The molecule has 0 aliphatic carbocycles. The van der Waals surface area contributed by atoms with Gasteiger partial charge < -0.3 is 10.1 Å². The Bertz CT molecular complexity index is 359. The molecule has 1 N–H and O–H groups in total. The molecule has 1 rings (SSSR count). The van der Waals surface area contributed by atoms with Gasteiger partial charge in [0.2, 0.25) is 5.91 Å². The maximum Gasteiger partial charge on any atom is 0.224 e. The average molecular weight is 300 g/mol. The van der Waals surface area contributed by atoms with Crippen LogP contribution in [0.5, 0.6) is 0 Å². The lowest BCUT2D eigenvalue weighted by Gasteiger charge is -2.07. The quantitative estimate of drug-likeness (QED) is 0.816. The molecule has 94 valence electrons. The molecule has 1 aromatic carbocycles. The van der Waals surface area contributed by atoms with E-state index in [1.807, 2.05) is 32.0 Å². The molecule has 0 saturated carbocycles. The van der Waals surface area contributed by atoms with Crippen LogP contribution in [0.4, 0.5) is 5.69 Å². The van der Waals surface area contributed by atoms with Crippen molar-refractivity contribution in [3.63, 3.8) is 0 Å². The number of halogens is 1. The average Bonchev–Trinajstić information content (AvgIpc) is 2.23. The minimum absolute atomic E-state index is 0.0298. The standard InChI is InChI=1S/C13H18BrNO2/c1-3-17-6-4-5-13(16)15-12-8-10(2)7-11(14)9-12/h7-9H,3-6H2,1-2H3,(H,15,16). The second-order valence-electron chi connectivity index (χ2n) is 3.87. The first-order valence-electron chi connectivity index (χ1n) is 5.76. The third kappa shape index (κ3) is 5.84. The molecule has 17 heavy (non-hydrogen) atoms. The number of nitrogens with one attached hydrogen (secondary N) is 1. The number of carbonyl (C=O) groups is 1. The Labute approximate surface area is 111 Å². The van der Waals surface area contributed by atoms with E-state index in [9.17, 15) is 4.79 Å². The molecule has 0 saturated heterocycles. The first-order valence-corrected chi connectivity index (χ1v) is 6.56. The third-order valence-corrected chi connectivity index (χ3v) is 2.68. The number of carbonyl (C=O) groups excluding carboxylic acids is 1. The summed E-state index contributed by atoms with van der Waals surface area (Å²) in [6.07, 6.45) is 1.25. The molecule has 1 aromatic rings. The largest absolute Gasteiger partial charge is 0.382 e. The van der Waals surface area contributed by atoms with E-state index in [0.29, 0.717) is 19.6 Å². The Morgan fingerprint density at radius 3 is 2.82 bits per heavy atom. The zero-order valence-electron chi connectivity index (χ0n) is 10.3. The van der Waals surface area contributed by atoms with E-state index in [1.165, 1.54) is 0 Å². The predicted molar refractivity (Wildman–Crippen MR) is 73.2 cm³/mol. The van der Waals surface area contributed by atoms with E-state index in [-0.39, 0.29) is 5.91 Å². The lowest BCUT2D eigenvalue weighted by atomic mass is 10.2. The van der Waals surface area contributed by atoms with Crippen LogP contribution in [0.15, 0.2) is 22.7 Å². The van der Waals surface area contributed by atoms with Gasteiger partial charge in [0.1, 0.15) is 0 Å². The summed E-state index contributed by atoms with van der Waals surface area (Å²) in [4.78, 5) is 11.6. The molecule has 1 amide bonds. The highest BCUT2D eigenvalue weighted by Gasteiger charge is 2.03. The van der Waals surface area contributed by atoms with E-state index in [1.54, 1.807) is 0 Å². The molecule has 0 radical (unpaired) electrons. The lowest BCUT2D eigenvalue weighted by molar-refractivity contribution is -0.116. The van der Waals surface area contributed by atoms with E-state index in [4.69, 9.17) is 4.74 Å². The van der Waals surface area contributed by atoms with Gasteiger partial charge in [0.15, 0.2) is 0 Å². The van der Waals surface area contributed by atoms with E-state index in [2.05, 4.69) is 21.2 Å². The van der Waals surface area contributed by atoms with Gasteiger partial charge in [-0.15, -0.1) is 0 Å². The first kappa shape index (κ1) is 14.2. The summed E-state index contributed by atoms with van der Waals surface area (Å²) in [6, 6.07) is 5.85. The normalized spacial score (nSPS) is 10.3. The molecular weight excluding hydrogens is 282 g/mol.